The molecule has 3 nitrogen and oxygen atoms in total. The van der Waals surface area contributed by atoms with Crippen LogP contribution in [0.3, 0.4) is 0 Å². The van der Waals surface area contributed by atoms with Gasteiger partial charge in [0.15, 0.2) is 6.10 Å². The fourth-order valence-corrected chi connectivity index (χ4v) is 1.89. The third-order valence-electron chi connectivity index (χ3n) is 2.70. The molecule has 2 rings (SSSR count). The first kappa shape index (κ1) is 15.6. The molecular formula is C15H12Cl2FNO2. The fraction of sp³-hybridized carbons (Fsp3) is 0.133. The molecule has 1 atom stereocenters. The van der Waals surface area contributed by atoms with Crippen LogP contribution in [0.1, 0.15) is 6.92 Å². The summed E-state index contributed by atoms with van der Waals surface area (Å²) in [6, 6.07) is 10.6. The van der Waals surface area contributed by atoms with E-state index in [1.165, 1.54) is 18.2 Å². The highest BCUT2D eigenvalue weighted by Crippen LogP contribution is 2.27. The van der Waals surface area contributed by atoms with Crippen LogP contribution in [0.2, 0.25) is 10.0 Å². The SMILES string of the molecule is CC(Oc1ccc(Cl)c(Cl)c1)C(=O)Nc1ccccc1F. The van der Waals surface area contributed by atoms with Gasteiger partial charge in [0.05, 0.1) is 15.7 Å². The number of hydrogen-bond acceptors (Lipinski definition) is 2. The molecule has 0 heterocycles. The second kappa shape index (κ2) is 6.78. The van der Waals surface area contributed by atoms with Crippen molar-refractivity contribution in [1.82, 2.24) is 0 Å². The van der Waals surface area contributed by atoms with Crippen LogP contribution in [0.25, 0.3) is 0 Å². The number of rotatable bonds is 4. The average Bonchev–Trinajstić information content (AvgIpc) is 2.45. The summed E-state index contributed by atoms with van der Waals surface area (Å²) >= 11 is 11.7. The summed E-state index contributed by atoms with van der Waals surface area (Å²) in [5, 5.41) is 3.18. The van der Waals surface area contributed by atoms with E-state index in [0.717, 1.165) is 0 Å². The zero-order valence-electron chi connectivity index (χ0n) is 11.1. The molecule has 6 heteroatoms. The molecule has 0 bridgehead atoms. The lowest BCUT2D eigenvalue weighted by Gasteiger charge is -2.15. The molecule has 0 aliphatic carbocycles. The lowest BCUT2D eigenvalue weighted by atomic mass is 10.3. The Balaban J connectivity index is 2.02. The molecule has 0 saturated heterocycles. The first-order valence-electron chi connectivity index (χ1n) is 6.14. The number of hydrogen-bond donors (Lipinski definition) is 1. The minimum absolute atomic E-state index is 0.104. The Morgan fingerprint density at radius 3 is 2.57 bits per heavy atom. The molecule has 1 N–H and O–H groups in total. The van der Waals surface area contributed by atoms with Gasteiger partial charge in [0.1, 0.15) is 11.6 Å². The summed E-state index contributed by atoms with van der Waals surface area (Å²) in [5.74, 6) is -0.570. The summed E-state index contributed by atoms with van der Waals surface area (Å²) in [4.78, 5) is 12.0. The second-order valence-electron chi connectivity index (χ2n) is 4.31. The van der Waals surface area contributed by atoms with E-state index in [1.54, 1.807) is 31.2 Å². The van der Waals surface area contributed by atoms with Crippen LogP contribution in [-0.2, 0) is 4.79 Å². The normalized spacial score (nSPS) is 11.8. The van der Waals surface area contributed by atoms with E-state index in [4.69, 9.17) is 27.9 Å². The van der Waals surface area contributed by atoms with E-state index in [9.17, 15) is 9.18 Å². The largest absolute Gasteiger partial charge is 0.481 e. The van der Waals surface area contributed by atoms with Gasteiger partial charge in [0.25, 0.3) is 5.91 Å². The van der Waals surface area contributed by atoms with Gasteiger partial charge in [-0.2, -0.15) is 0 Å². The summed E-state index contributed by atoms with van der Waals surface area (Å²) in [6.07, 6.45) is -0.818. The molecule has 21 heavy (non-hydrogen) atoms. The Bertz CT molecular complexity index is 664. The molecule has 0 aliphatic rings. The molecule has 0 radical (unpaired) electrons. The number of ether oxygens (including phenoxy) is 1. The highest BCUT2D eigenvalue weighted by Gasteiger charge is 2.16. The first-order valence-corrected chi connectivity index (χ1v) is 6.90. The zero-order chi connectivity index (χ0) is 15.4. The highest BCUT2D eigenvalue weighted by atomic mass is 35.5. The summed E-state index contributed by atoms with van der Waals surface area (Å²) in [6.45, 7) is 1.55. The van der Waals surface area contributed by atoms with Gasteiger partial charge in [0, 0.05) is 6.07 Å². The fourth-order valence-electron chi connectivity index (χ4n) is 1.60. The Hall–Kier alpha value is -1.78. The molecule has 2 aromatic carbocycles. The predicted molar refractivity (Wildman–Crippen MR) is 81.6 cm³/mol. The lowest BCUT2D eigenvalue weighted by molar-refractivity contribution is -0.122. The minimum atomic E-state index is -0.818. The number of anilines is 1. The Kier molecular flexibility index (Phi) is 5.04. The molecule has 0 spiro atoms. The predicted octanol–water partition coefficient (Wildman–Crippen LogP) is 4.54. The Labute approximate surface area is 131 Å². The third-order valence-corrected chi connectivity index (χ3v) is 3.44. The van der Waals surface area contributed by atoms with Crippen LogP contribution in [0, 0.1) is 5.82 Å². The van der Waals surface area contributed by atoms with Crippen LogP contribution >= 0.6 is 23.2 Å². The first-order chi connectivity index (χ1) is 9.97. The van der Waals surface area contributed by atoms with Crippen LogP contribution in [0.5, 0.6) is 5.75 Å². The van der Waals surface area contributed by atoms with Gasteiger partial charge in [-0.25, -0.2) is 4.39 Å². The van der Waals surface area contributed by atoms with Gasteiger partial charge < -0.3 is 10.1 Å². The molecule has 1 amide bonds. The molecule has 110 valence electrons. The summed E-state index contributed by atoms with van der Waals surface area (Å²) < 4.78 is 18.9. The number of para-hydroxylation sites is 1. The van der Waals surface area contributed by atoms with E-state index in [1.807, 2.05) is 0 Å². The van der Waals surface area contributed by atoms with E-state index in [2.05, 4.69) is 5.32 Å². The van der Waals surface area contributed by atoms with Crippen molar-refractivity contribution in [2.45, 2.75) is 13.0 Å². The maximum Gasteiger partial charge on any atom is 0.265 e. The quantitative estimate of drug-likeness (QED) is 0.895. The van der Waals surface area contributed by atoms with Crippen molar-refractivity contribution in [2.24, 2.45) is 0 Å². The third kappa shape index (κ3) is 4.09. The number of benzene rings is 2. The van der Waals surface area contributed by atoms with Gasteiger partial charge in [0.2, 0.25) is 0 Å². The Morgan fingerprint density at radius 1 is 1.19 bits per heavy atom. The Morgan fingerprint density at radius 2 is 1.90 bits per heavy atom. The van der Waals surface area contributed by atoms with Crippen LogP contribution in [0.4, 0.5) is 10.1 Å². The molecule has 2 aromatic rings. The number of carbonyl (C=O) groups excluding carboxylic acids is 1. The number of nitrogens with one attached hydrogen (secondary N) is 1. The van der Waals surface area contributed by atoms with Gasteiger partial charge in [-0.1, -0.05) is 35.3 Å². The van der Waals surface area contributed by atoms with Crippen molar-refractivity contribution in [3.63, 3.8) is 0 Å². The van der Waals surface area contributed by atoms with E-state index in [0.29, 0.717) is 15.8 Å². The van der Waals surface area contributed by atoms with Gasteiger partial charge in [-0.05, 0) is 31.2 Å². The molecule has 0 aromatic heterocycles. The van der Waals surface area contributed by atoms with Crippen molar-refractivity contribution in [2.75, 3.05) is 5.32 Å². The molecule has 0 saturated carbocycles. The number of halogens is 3. The van der Waals surface area contributed by atoms with Crippen LogP contribution in [-0.4, -0.2) is 12.0 Å². The maximum atomic E-state index is 13.4. The lowest BCUT2D eigenvalue weighted by Crippen LogP contribution is -2.30. The maximum absolute atomic E-state index is 13.4. The monoisotopic (exact) mass is 327 g/mol. The van der Waals surface area contributed by atoms with Crippen molar-refractivity contribution in [1.29, 1.82) is 0 Å². The van der Waals surface area contributed by atoms with Crippen molar-refractivity contribution in [3.8, 4) is 5.75 Å². The minimum Gasteiger partial charge on any atom is -0.481 e. The topological polar surface area (TPSA) is 38.3 Å². The smallest absolute Gasteiger partial charge is 0.265 e. The van der Waals surface area contributed by atoms with Crippen molar-refractivity contribution >= 4 is 34.8 Å². The van der Waals surface area contributed by atoms with Gasteiger partial charge in [-0.3, -0.25) is 4.79 Å². The van der Waals surface area contributed by atoms with Gasteiger partial charge >= 0.3 is 0 Å². The standard InChI is InChI=1S/C15H12Cl2FNO2/c1-9(21-10-6-7-11(16)12(17)8-10)15(20)19-14-5-3-2-4-13(14)18/h2-9H,1H3,(H,19,20). The number of carbonyl (C=O) groups is 1. The molecule has 1 unspecified atom stereocenters. The summed E-state index contributed by atoms with van der Waals surface area (Å²) in [5.41, 5.74) is 0.104. The summed E-state index contributed by atoms with van der Waals surface area (Å²) in [7, 11) is 0. The van der Waals surface area contributed by atoms with Crippen molar-refractivity contribution < 1.29 is 13.9 Å². The highest BCUT2D eigenvalue weighted by molar-refractivity contribution is 6.42. The van der Waals surface area contributed by atoms with Crippen LogP contribution in [0.15, 0.2) is 42.5 Å². The number of amides is 1. The van der Waals surface area contributed by atoms with Crippen molar-refractivity contribution in [3.05, 3.63) is 58.3 Å². The van der Waals surface area contributed by atoms with Gasteiger partial charge in [-0.15, -0.1) is 0 Å². The average molecular weight is 328 g/mol. The van der Waals surface area contributed by atoms with E-state index < -0.39 is 17.8 Å². The van der Waals surface area contributed by atoms with E-state index >= 15 is 0 Å². The second-order valence-corrected chi connectivity index (χ2v) is 5.12. The zero-order valence-corrected chi connectivity index (χ0v) is 12.6. The molecule has 0 fully saturated rings. The van der Waals surface area contributed by atoms with E-state index in [-0.39, 0.29) is 5.69 Å². The molecule has 0 aliphatic heterocycles. The molecular weight excluding hydrogens is 316 g/mol. The van der Waals surface area contributed by atoms with Crippen LogP contribution < -0.4 is 10.1 Å².